The van der Waals surface area contributed by atoms with Crippen LogP contribution in [0.3, 0.4) is 0 Å². The third-order valence-corrected chi connectivity index (χ3v) is 3.73. The van der Waals surface area contributed by atoms with E-state index in [0.29, 0.717) is 0 Å². The van der Waals surface area contributed by atoms with Gasteiger partial charge in [0.15, 0.2) is 0 Å². The first-order chi connectivity index (χ1) is 5.78. The van der Waals surface area contributed by atoms with Crippen molar-refractivity contribution in [3.8, 4) is 0 Å². The third kappa shape index (κ3) is 1.60. The van der Waals surface area contributed by atoms with Crippen LogP contribution in [0.5, 0.6) is 0 Å². The predicted molar refractivity (Wildman–Crippen MR) is 55.8 cm³/mol. The molecule has 2 unspecified atom stereocenters. The Balaban J connectivity index is 2.00. The fourth-order valence-corrected chi connectivity index (χ4v) is 3.27. The second kappa shape index (κ2) is 3.28. The summed E-state index contributed by atoms with van der Waals surface area (Å²) in [6.45, 7) is 7.54. The number of fused-ring (bicyclic) bond motifs is 2. The quantitative estimate of drug-likeness (QED) is 0.409. The van der Waals surface area contributed by atoms with Gasteiger partial charge < -0.3 is 0 Å². The highest BCUT2D eigenvalue weighted by Gasteiger charge is 2.33. The van der Waals surface area contributed by atoms with Gasteiger partial charge in [-0.1, -0.05) is 38.0 Å². The summed E-state index contributed by atoms with van der Waals surface area (Å²) < 4.78 is 0. The van der Waals surface area contributed by atoms with Crippen LogP contribution in [-0.4, -0.2) is 6.71 Å². The summed E-state index contributed by atoms with van der Waals surface area (Å²) in [6.07, 6.45) is 8.58. The summed E-state index contributed by atoms with van der Waals surface area (Å²) in [6, 6.07) is 0. The van der Waals surface area contributed by atoms with Crippen molar-refractivity contribution in [2.45, 2.75) is 45.1 Å². The second-order valence-electron chi connectivity index (χ2n) is 4.87. The van der Waals surface area contributed by atoms with Crippen LogP contribution in [0.15, 0.2) is 12.2 Å². The van der Waals surface area contributed by atoms with Crippen molar-refractivity contribution in [3.05, 3.63) is 12.2 Å². The molecule has 2 fully saturated rings. The second-order valence-corrected chi connectivity index (χ2v) is 4.87. The van der Waals surface area contributed by atoms with Gasteiger partial charge in [0.05, 0.1) is 0 Å². The average Bonchev–Trinajstić information content (AvgIpc) is 2.02. The lowest BCUT2D eigenvalue weighted by Crippen LogP contribution is -2.31. The molecule has 2 rings (SSSR count). The van der Waals surface area contributed by atoms with E-state index in [-0.39, 0.29) is 0 Å². The van der Waals surface area contributed by atoms with Crippen LogP contribution in [0, 0.1) is 11.8 Å². The molecule has 1 aliphatic heterocycles. The molecule has 0 aromatic carbocycles. The molecule has 2 atom stereocenters. The van der Waals surface area contributed by atoms with E-state index in [4.69, 9.17) is 0 Å². The molecule has 0 N–H and O–H groups in total. The van der Waals surface area contributed by atoms with E-state index in [1.54, 1.807) is 0 Å². The molecular weight excluding hydrogens is 143 g/mol. The maximum absolute atomic E-state index is 4.15. The molecule has 1 heterocycles. The van der Waals surface area contributed by atoms with Crippen molar-refractivity contribution in [3.63, 3.8) is 0 Å². The number of hydrogen-bond donors (Lipinski definition) is 0. The molecule has 2 aliphatic rings. The van der Waals surface area contributed by atoms with Crippen LogP contribution in [0.2, 0.25) is 19.0 Å². The van der Waals surface area contributed by atoms with Crippen molar-refractivity contribution < 1.29 is 0 Å². The molecule has 0 radical (unpaired) electrons. The lowest BCUT2D eigenvalue weighted by molar-refractivity contribution is 0.336. The largest absolute Gasteiger partial charge is 0.140 e. The van der Waals surface area contributed by atoms with Gasteiger partial charge in [0.25, 0.3) is 0 Å². The van der Waals surface area contributed by atoms with Gasteiger partial charge in [0, 0.05) is 0 Å². The van der Waals surface area contributed by atoms with E-state index in [0.717, 1.165) is 18.5 Å². The first kappa shape index (κ1) is 8.41. The van der Waals surface area contributed by atoms with Crippen LogP contribution in [0.4, 0.5) is 0 Å². The van der Waals surface area contributed by atoms with Gasteiger partial charge in [-0.2, -0.15) is 0 Å². The molecule has 1 saturated carbocycles. The molecule has 0 amide bonds. The molecule has 0 spiro atoms. The van der Waals surface area contributed by atoms with Crippen molar-refractivity contribution in [2.75, 3.05) is 0 Å². The molecule has 0 aromatic rings. The van der Waals surface area contributed by atoms with Gasteiger partial charge >= 0.3 is 0 Å². The van der Waals surface area contributed by atoms with Gasteiger partial charge in [-0.25, -0.2) is 0 Å². The topological polar surface area (TPSA) is 0 Å². The fourth-order valence-electron chi connectivity index (χ4n) is 3.27. The Hall–Kier alpha value is -0.195. The number of allylic oxidation sites excluding steroid dienone is 1. The monoisotopic (exact) mass is 162 g/mol. The first-order valence-corrected chi connectivity index (χ1v) is 5.44. The normalized spacial score (nSPS) is 35.4. The van der Waals surface area contributed by atoms with Gasteiger partial charge in [-0.15, -0.1) is 0 Å². The van der Waals surface area contributed by atoms with Crippen LogP contribution in [0.25, 0.3) is 0 Å². The first-order valence-electron chi connectivity index (χ1n) is 5.44. The molecule has 0 nitrogen and oxygen atoms in total. The summed E-state index contributed by atoms with van der Waals surface area (Å²) in [5, 5.41) is 0. The van der Waals surface area contributed by atoms with Crippen molar-refractivity contribution in [2.24, 2.45) is 11.8 Å². The van der Waals surface area contributed by atoms with Crippen LogP contribution in [0.1, 0.15) is 26.2 Å². The zero-order chi connectivity index (χ0) is 8.55. The molecule has 1 saturated heterocycles. The fraction of sp³-hybridized carbons (Fsp3) is 0.818. The Labute approximate surface area is 76.5 Å². The third-order valence-electron chi connectivity index (χ3n) is 3.73. The van der Waals surface area contributed by atoms with Gasteiger partial charge in [-0.3, -0.25) is 0 Å². The van der Waals surface area contributed by atoms with Crippen LogP contribution < -0.4 is 0 Å². The molecule has 0 aromatic heterocycles. The van der Waals surface area contributed by atoms with E-state index in [1.165, 1.54) is 43.8 Å². The van der Waals surface area contributed by atoms with Gasteiger partial charge in [-0.05, 0) is 31.1 Å². The van der Waals surface area contributed by atoms with Gasteiger partial charge in [0.2, 0.25) is 0 Å². The molecule has 66 valence electrons. The van der Waals surface area contributed by atoms with Crippen molar-refractivity contribution in [1.29, 1.82) is 0 Å². The Bertz CT molecular complexity index is 169. The molecule has 2 bridgehead atoms. The molecule has 1 heteroatoms. The predicted octanol–water partition coefficient (Wildman–Crippen LogP) is 3.49. The SMILES string of the molecule is C=C1CC2CB(CC)CC(C1)C2. The summed E-state index contributed by atoms with van der Waals surface area (Å²) in [5.41, 5.74) is 1.53. The summed E-state index contributed by atoms with van der Waals surface area (Å²) >= 11 is 0. The maximum atomic E-state index is 4.15. The van der Waals surface area contributed by atoms with Crippen molar-refractivity contribution >= 4 is 6.71 Å². The van der Waals surface area contributed by atoms with E-state index < -0.39 is 0 Å². The molecule has 1 aliphatic carbocycles. The standard InChI is InChI=1S/C11H19B/c1-3-12-7-10-4-9(2)5-11(6-10)8-12/h10-11H,2-8H2,1H3. The number of hydrogen-bond acceptors (Lipinski definition) is 0. The Morgan fingerprint density at radius 2 is 1.92 bits per heavy atom. The highest BCUT2D eigenvalue weighted by molar-refractivity contribution is 6.59. The summed E-state index contributed by atoms with van der Waals surface area (Å²) in [4.78, 5) is 0. The minimum absolute atomic E-state index is 1.01. The Morgan fingerprint density at radius 3 is 2.42 bits per heavy atom. The lowest BCUT2D eigenvalue weighted by atomic mass is 9.35. The minimum Gasteiger partial charge on any atom is -0.0998 e. The average molecular weight is 162 g/mol. The highest BCUT2D eigenvalue weighted by atomic mass is 14.3. The maximum Gasteiger partial charge on any atom is 0.140 e. The van der Waals surface area contributed by atoms with Crippen LogP contribution in [-0.2, 0) is 0 Å². The zero-order valence-electron chi connectivity index (χ0n) is 8.18. The van der Waals surface area contributed by atoms with E-state index in [2.05, 4.69) is 13.5 Å². The zero-order valence-corrected chi connectivity index (χ0v) is 8.18. The van der Waals surface area contributed by atoms with E-state index in [1.807, 2.05) is 0 Å². The minimum atomic E-state index is 1.01. The summed E-state index contributed by atoms with van der Waals surface area (Å²) in [7, 11) is 0. The number of rotatable bonds is 1. The molecule has 12 heavy (non-hydrogen) atoms. The summed E-state index contributed by atoms with van der Waals surface area (Å²) in [5.74, 6) is 2.02. The van der Waals surface area contributed by atoms with Crippen LogP contribution >= 0.6 is 0 Å². The molecular formula is C11H19B. The lowest BCUT2D eigenvalue weighted by Gasteiger charge is -2.38. The van der Waals surface area contributed by atoms with E-state index >= 15 is 0 Å². The smallest absolute Gasteiger partial charge is 0.0998 e. The van der Waals surface area contributed by atoms with Gasteiger partial charge in [0.1, 0.15) is 6.71 Å². The highest BCUT2D eigenvalue weighted by Crippen LogP contribution is 2.42. The Kier molecular flexibility index (Phi) is 2.30. The van der Waals surface area contributed by atoms with E-state index in [9.17, 15) is 0 Å². The Morgan fingerprint density at radius 1 is 1.33 bits per heavy atom. The van der Waals surface area contributed by atoms with Crippen molar-refractivity contribution in [1.82, 2.24) is 0 Å².